The number of ether oxygens (including phenoxy) is 1. The summed E-state index contributed by atoms with van der Waals surface area (Å²) in [4.78, 5) is 22.5. The molecule has 4 nitrogen and oxygen atoms in total. The number of aryl methyl sites for hydroxylation is 2. The van der Waals surface area contributed by atoms with Gasteiger partial charge in [0.1, 0.15) is 10.6 Å². The van der Waals surface area contributed by atoms with Crippen LogP contribution in [0.4, 0.5) is 0 Å². The molecule has 26 heavy (non-hydrogen) atoms. The minimum Gasteiger partial charge on any atom is -0.493 e. The molecule has 0 bridgehead atoms. The van der Waals surface area contributed by atoms with Gasteiger partial charge in [-0.3, -0.25) is 4.79 Å². The Morgan fingerprint density at radius 2 is 2.31 bits per heavy atom. The smallest absolute Gasteiger partial charge is 0.260 e. The lowest BCUT2D eigenvalue weighted by molar-refractivity contribution is 0.343. The molecule has 1 aromatic carbocycles. The highest BCUT2D eigenvalue weighted by atomic mass is 32.2. The van der Waals surface area contributed by atoms with Gasteiger partial charge in [0.25, 0.3) is 5.56 Å². The standard InChI is InChI=1S/C20H22N2O2S2/c1-12-4-3-5-14(10-12)24-8-9-25-20-21-18(23)17-15-7-6-13(2)11-16(15)26-19(17)22-20/h3-5,10,13H,6-9,11H2,1-2H3,(H,21,22,23)/t13-/m1/s1. The van der Waals surface area contributed by atoms with Crippen LogP contribution in [0.3, 0.4) is 0 Å². The first-order valence-electron chi connectivity index (χ1n) is 8.97. The van der Waals surface area contributed by atoms with E-state index in [9.17, 15) is 4.79 Å². The van der Waals surface area contributed by atoms with Gasteiger partial charge in [-0.25, -0.2) is 4.98 Å². The third kappa shape index (κ3) is 3.67. The first kappa shape index (κ1) is 17.6. The monoisotopic (exact) mass is 386 g/mol. The fraction of sp³-hybridized carbons (Fsp3) is 0.400. The molecular formula is C20H22N2O2S2. The molecule has 2 aromatic heterocycles. The minimum absolute atomic E-state index is 0.00385. The second kappa shape index (κ2) is 7.45. The van der Waals surface area contributed by atoms with Crippen LogP contribution < -0.4 is 10.3 Å². The summed E-state index contributed by atoms with van der Waals surface area (Å²) in [5.41, 5.74) is 2.42. The number of nitrogens with zero attached hydrogens (tertiary/aromatic N) is 1. The van der Waals surface area contributed by atoms with Crippen LogP contribution in [-0.4, -0.2) is 22.3 Å². The van der Waals surface area contributed by atoms with E-state index in [-0.39, 0.29) is 5.56 Å². The zero-order valence-electron chi connectivity index (χ0n) is 15.0. The van der Waals surface area contributed by atoms with Gasteiger partial charge in [-0.05, 0) is 55.4 Å². The van der Waals surface area contributed by atoms with E-state index in [1.165, 1.54) is 27.8 Å². The number of hydrogen-bond acceptors (Lipinski definition) is 5. The Morgan fingerprint density at radius 1 is 1.42 bits per heavy atom. The van der Waals surface area contributed by atoms with Crippen LogP contribution in [0.15, 0.2) is 34.2 Å². The Morgan fingerprint density at radius 3 is 3.15 bits per heavy atom. The van der Waals surface area contributed by atoms with Crippen LogP contribution in [0.25, 0.3) is 10.2 Å². The number of thioether (sulfide) groups is 1. The molecule has 1 aliphatic carbocycles. The van der Waals surface area contributed by atoms with Crippen molar-refractivity contribution in [3.8, 4) is 5.75 Å². The molecule has 0 fully saturated rings. The number of aromatic nitrogens is 2. The van der Waals surface area contributed by atoms with E-state index < -0.39 is 0 Å². The largest absolute Gasteiger partial charge is 0.493 e. The Hall–Kier alpha value is -1.79. The van der Waals surface area contributed by atoms with Crippen LogP contribution >= 0.6 is 23.1 Å². The molecule has 0 unspecified atom stereocenters. The molecule has 1 atom stereocenters. The molecule has 0 amide bonds. The van der Waals surface area contributed by atoms with Crippen molar-refractivity contribution in [1.82, 2.24) is 9.97 Å². The molecule has 0 saturated heterocycles. The van der Waals surface area contributed by atoms with Gasteiger partial charge in [0.2, 0.25) is 0 Å². The number of thiophene rings is 1. The van der Waals surface area contributed by atoms with Crippen LogP contribution in [0.1, 0.15) is 29.3 Å². The van der Waals surface area contributed by atoms with Gasteiger partial charge in [0, 0.05) is 10.6 Å². The normalized spacial score (nSPS) is 16.6. The van der Waals surface area contributed by atoms with Gasteiger partial charge in [0.15, 0.2) is 5.16 Å². The van der Waals surface area contributed by atoms with Crippen LogP contribution in [-0.2, 0) is 12.8 Å². The first-order valence-corrected chi connectivity index (χ1v) is 10.8. The summed E-state index contributed by atoms with van der Waals surface area (Å²) in [5, 5.41) is 1.50. The number of H-pyrrole nitrogens is 1. The van der Waals surface area contributed by atoms with Gasteiger partial charge in [-0.1, -0.05) is 30.8 Å². The maximum atomic E-state index is 12.6. The van der Waals surface area contributed by atoms with E-state index in [1.807, 2.05) is 31.2 Å². The second-order valence-electron chi connectivity index (χ2n) is 6.92. The van der Waals surface area contributed by atoms with Crippen LogP contribution in [0, 0.1) is 12.8 Å². The van der Waals surface area contributed by atoms with Gasteiger partial charge in [-0.15, -0.1) is 11.3 Å². The van der Waals surface area contributed by atoms with E-state index >= 15 is 0 Å². The maximum Gasteiger partial charge on any atom is 0.260 e. The fourth-order valence-corrected chi connectivity index (χ4v) is 5.52. The molecular weight excluding hydrogens is 364 g/mol. The van der Waals surface area contributed by atoms with Crippen LogP contribution in [0.5, 0.6) is 5.75 Å². The van der Waals surface area contributed by atoms with Crippen molar-refractivity contribution in [3.63, 3.8) is 0 Å². The summed E-state index contributed by atoms with van der Waals surface area (Å²) >= 11 is 3.23. The average Bonchev–Trinajstić information content (AvgIpc) is 2.96. The number of nitrogens with one attached hydrogen (secondary N) is 1. The molecule has 0 spiro atoms. The van der Waals surface area contributed by atoms with Gasteiger partial charge >= 0.3 is 0 Å². The van der Waals surface area contributed by atoms with E-state index in [4.69, 9.17) is 9.72 Å². The van der Waals surface area contributed by atoms with Gasteiger partial charge in [0.05, 0.1) is 12.0 Å². The molecule has 136 valence electrons. The van der Waals surface area contributed by atoms with Crippen molar-refractivity contribution >= 4 is 33.3 Å². The molecule has 6 heteroatoms. The fourth-order valence-electron chi connectivity index (χ4n) is 3.40. The van der Waals surface area contributed by atoms with Crippen molar-refractivity contribution in [1.29, 1.82) is 0 Å². The molecule has 0 radical (unpaired) electrons. The van der Waals surface area contributed by atoms with Gasteiger partial charge < -0.3 is 9.72 Å². The number of fused-ring (bicyclic) bond motifs is 3. The number of hydrogen-bond donors (Lipinski definition) is 1. The highest BCUT2D eigenvalue weighted by Crippen LogP contribution is 2.36. The SMILES string of the molecule is Cc1cccc(OCCSc2nc3sc4c(c3c(=O)[nH]2)CC[C@@H](C)C4)c1. The quantitative estimate of drug-likeness (QED) is 0.396. The summed E-state index contributed by atoms with van der Waals surface area (Å²) < 4.78 is 5.77. The van der Waals surface area contributed by atoms with Crippen LogP contribution in [0.2, 0.25) is 0 Å². The Kier molecular flexibility index (Phi) is 5.05. The minimum atomic E-state index is 0.00385. The molecule has 3 aromatic rings. The molecule has 2 heterocycles. The summed E-state index contributed by atoms with van der Waals surface area (Å²) in [6, 6.07) is 8.02. The first-order chi connectivity index (χ1) is 12.6. The van der Waals surface area contributed by atoms with Gasteiger partial charge in [-0.2, -0.15) is 0 Å². The Bertz CT molecular complexity index is 993. The van der Waals surface area contributed by atoms with Crippen molar-refractivity contribution in [2.45, 2.75) is 38.3 Å². The highest BCUT2D eigenvalue weighted by molar-refractivity contribution is 7.99. The zero-order valence-corrected chi connectivity index (χ0v) is 16.6. The third-order valence-electron chi connectivity index (χ3n) is 4.72. The lowest BCUT2D eigenvalue weighted by Gasteiger charge is -2.17. The zero-order chi connectivity index (χ0) is 18.1. The topological polar surface area (TPSA) is 55.0 Å². The molecule has 0 saturated carbocycles. The molecule has 4 rings (SSSR count). The van der Waals surface area contributed by atoms with E-state index in [0.717, 1.165) is 41.0 Å². The molecule has 0 aliphatic heterocycles. The summed E-state index contributed by atoms with van der Waals surface area (Å²) in [5.74, 6) is 2.31. The maximum absolute atomic E-state index is 12.6. The highest BCUT2D eigenvalue weighted by Gasteiger charge is 2.23. The lowest BCUT2D eigenvalue weighted by atomic mass is 9.89. The third-order valence-corrected chi connectivity index (χ3v) is 6.71. The number of rotatable bonds is 5. The van der Waals surface area contributed by atoms with E-state index in [0.29, 0.717) is 17.7 Å². The summed E-state index contributed by atoms with van der Waals surface area (Å²) in [6.07, 6.45) is 3.23. The summed E-state index contributed by atoms with van der Waals surface area (Å²) in [6.45, 7) is 4.90. The predicted molar refractivity (Wildman–Crippen MR) is 109 cm³/mol. The second-order valence-corrected chi connectivity index (χ2v) is 9.08. The van der Waals surface area contributed by atoms with E-state index in [1.54, 1.807) is 11.3 Å². The number of benzene rings is 1. The van der Waals surface area contributed by atoms with Crippen molar-refractivity contribution in [2.75, 3.05) is 12.4 Å². The van der Waals surface area contributed by atoms with Crippen molar-refractivity contribution in [2.24, 2.45) is 5.92 Å². The average molecular weight is 387 g/mol. The van der Waals surface area contributed by atoms with E-state index in [2.05, 4.69) is 11.9 Å². The Labute approximate surface area is 161 Å². The summed E-state index contributed by atoms with van der Waals surface area (Å²) in [7, 11) is 0. The van der Waals surface area contributed by atoms with Crippen molar-refractivity contribution < 1.29 is 4.74 Å². The Balaban J connectivity index is 1.45. The number of aromatic amines is 1. The lowest BCUT2D eigenvalue weighted by Crippen LogP contribution is -2.13. The predicted octanol–water partition coefficient (Wildman–Crippen LogP) is 4.59. The van der Waals surface area contributed by atoms with Crippen molar-refractivity contribution in [3.05, 3.63) is 50.6 Å². The molecule has 1 aliphatic rings. The molecule has 1 N–H and O–H groups in total.